The monoisotopic (exact) mass is 304 g/mol. The van der Waals surface area contributed by atoms with Crippen LogP contribution in [0, 0.1) is 16.7 Å². The maximum absolute atomic E-state index is 10.6. The molecule has 2 nitrogen and oxygen atoms in total. The van der Waals surface area contributed by atoms with Crippen molar-refractivity contribution in [2.75, 3.05) is 0 Å². The molecule has 2 aliphatic rings. The highest BCUT2D eigenvalue weighted by Gasteiger charge is 2.46. The molecule has 0 saturated heterocycles. The van der Waals surface area contributed by atoms with Gasteiger partial charge in [-0.15, -0.1) is 0 Å². The van der Waals surface area contributed by atoms with Gasteiger partial charge in [0, 0.05) is 5.41 Å². The molecule has 0 heterocycles. The van der Waals surface area contributed by atoms with Crippen LogP contribution in [0.3, 0.4) is 0 Å². The standard InChI is InChI=1S/C20H32O2/c1-14(11-13-21)10-12-20(5)15(2)6-7-16-17(20)8-9-18(22)19(16,3)4/h11,13,15,18,22H,6-10,12H2,1-5H3. The van der Waals surface area contributed by atoms with Gasteiger partial charge in [-0.1, -0.05) is 44.4 Å². The van der Waals surface area contributed by atoms with Gasteiger partial charge in [0.25, 0.3) is 0 Å². The third-order valence-corrected chi connectivity index (χ3v) is 6.64. The summed E-state index contributed by atoms with van der Waals surface area (Å²) in [4.78, 5) is 10.6. The van der Waals surface area contributed by atoms with Crippen molar-refractivity contribution in [2.24, 2.45) is 16.7 Å². The summed E-state index contributed by atoms with van der Waals surface area (Å²) in [6.07, 6.45) is 8.75. The highest BCUT2D eigenvalue weighted by Crippen LogP contribution is 2.56. The molecule has 1 N–H and O–H groups in total. The highest BCUT2D eigenvalue weighted by molar-refractivity contribution is 5.65. The Kier molecular flexibility index (Phi) is 5.01. The minimum absolute atomic E-state index is 0.0807. The molecular formula is C20H32O2. The van der Waals surface area contributed by atoms with E-state index in [1.54, 1.807) is 11.6 Å². The van der Waals surface area contributed by atoms with E-state index in [0.29, 0.717) is 5.92 Å². The molecule has 0 aromatic rings. The number of aldehydes is 1. The zero-order chi connectivity index (χ0) is 16.5. The van der Waals surface area contributed by atoms with Crippen LogP contribution in [-0.2, 0) is 4.79 Å². The Hall–Kier alpha value is -0.890. The maximum atomic E-state index is 10.6. The molecule has 22 heavy (non-hydrogen) atoms. The Morgan fingerprint density at radius 2 is 1.86 bits per heavy atom. The number of hydrogen-bond acceptors (Lipinski definition) is 2. The van der Waals surface area contributed by atoms with Crippen molar-refractivity contribution in [2.45, 2.75) is 79.2 Å². The minimum atomic E-state index is -0.208. The fourth-order valence-electron chi connectivity index (χ4n) is 4.52. The van der Waals surface area contributed by atoms with Gasteiger partial charge in [-0.05, 0) is 62.9 Å². The summed E-state index contributed by atoms with van der Waals surface area (Å²) in [5.74, 6) is 0.668. The van der Waals surface area contributed by atoms with Crippen LogP contribution in [0.2, 0.25) is 0 Å². The summed E-state index contributed by atoms with van der Waals surface area (Å²) in [6.45, 7) is 11.3. The van der Waals surface area contributed by atoms with E-state index in [1.165, 1.54) is 17.6 Å². The second-order valence-electron chi connectivity index (χ2n) is 8.24. The van der Waals surface area contributed by atoms with Crippen molar-refractivity contribution in [3.8, 4) is 0 Å². The van der Waals surface area contributed by atoms with Crippen LogP contribution < -0.4 is 0 Å². The minimum Gasteiger partial charge on any atom is -0.392 e. The van der Waals surface area contributed by atoms with E-state index in [-0.39, 0.29) is 16.9 Å². The van der Waals surface area contributed by atoms with E-state index in [1.807, 2.05) is 0 Å². The van der Waals surface area contributed by atoms with Crippen molar-refractivity contribution in [3.05, 3.63) is 22.8 Å². The lowest BCUT2D eigenvalue weighted by Crippen LogP contribution is -2.43. The SMILES string of the molecule is CC(=CC=O)CCC1(C)C2=C(CCC1C)C(C)(C)C(O)CC2. The van der Waals surface area contributed by atoms with Gasteiger partial charge < -0.3 is 5.11 Å². The summed E-state index contributed by atoms with van der Waals surface area (Å²) in [5, 5.41) is 10.4. The molecule has 0 radical (unpaired) electrons. The molecule has 0 aliphatic heterocycles. The summed E-state index contributed by atoms with van der Waals surface area (Å²) in [6, 6.07) is 0. The predicted octanol–water partition coefficient (Wildman–Crippen LogP) is 4.83. The molecule has 0 bridgehead atoms. The molecule has 0 aromatic carbocycles. The van der Waals surface area contributed by atoms with Crippen LogP contribution >= 0.6 is 0 Å². The lowest BCUT2D eigenvalue weighted by Gasteiger charge is -2.51. The zero-order valence-electron chi connectivity index (χ0n) is 14.9. The normalized spacial score (nSPS) is 35.3. The molecule has 3 atom stereocenters. The van der Waals surface area contributed by atoms with E-state index < -0.39 is 0 Å². The van der Waals surface area contributed by atoms with Crippen LogP contribution in [0.15, 0.2) is 22.8 Å². The molecule has 0 fully saturated rings. The fourth-order valence-corrected chi connectivity index (χ4v) is 4.52. The van der Waals surface area contributed by atoms with Crippen molar-refractivity contribution in [3.63, 3.8) is 0 Å². The lowest BCUT2D eigenvalue weighted by molar-refractivity contribution is -0.104. The van der Waals surface area contributed by atoms with Gasteiger partial charge in [0.1, 0.15) is 6.29 Å². The topological polar surface area (TPSA) is 37.3 Å². The van der Waals surface area contributed by atoms with E-state index in [4.69, 9.17) is 0 Å². The maximum Gasteiger partial charge on any atom is 0.142 e. The third-order valence-electron chi connectivity index (χ3n) is 6.64. The number of carbonyl (C=O) groups excluding carboxylic acids is 1. The number of rotatable bonds is 4. The molecule has 2 aliphatic carbocycles. The summed E-state index contributed by atoms with van der Waals surface area (Å²) >= 11 is 0. The summed E-state index contributed by atoms with van der Waals surface area (Å²) < 4.78 is 0. The Morgan fingerprint density at radius 1 is 1.23 bits per heavy atom. The van der Waals surface area contributed by atoms with Crippen LogP contribution in [-0.4, -0.2) is 17.5 Å². The van der Waals surface area contributed by atoms with Gasteiger partial charge in [0.15, 0.2) is 0 Å². The highest BCUT2D eigenvalue weighted by atomic mass is 16.3. The molecule has 0 amide bonds. The zero-order valence-corrected chi connectivity index (χ0v) is 14.9. The first-order valence-electron chi connectivity index (χ1n) is 8.75. The molecular weight excluding hydrogens is 272 g/mol. The summed E-state index contributed by atoms with van der Waals surface area (Å²) in [5.41, 5.74) is 4.43. The van der Waals surface area contributed by atoms with Crippen molar-refractivity contribution >= 4 is 6.29 Å². The first-order chi connectivity index (χ1) is 10.2. The predicted molar refractivity (Wildman–Crippen MR) is 91.6 cm³/mol. The first kappa shape index (κ1) is 17.5. The van der Waals surface area contributed by atoms with E-state index >= 15 is 0 Å². The molecule has 0 spiro atoms. The second kappa shape index (κ2) is 6.31. The summed E-state index contributed by atoms with van der Waals surface area (Å²) in [7, 11) is 0. The van der Waals surface area contributed by atoms with Crippen LogP contribution in [0.1, 0.15) is 73.1 Å². The van der Waals surface area contributed by atoms with Crippen molar-refractivity contribution in [1.29, 1.82) is 0 Å². The van der Waals surface area contributed by atoms with Gasteiger partial charge in [-0.2, -0.15) is 0 Å². The number of aliphatic hydroxyl groups is 1. The van der Waals surface area contributed by atoms with E-state index in [0.717, 1.165) is 38.4 Å². The van der Waals surface area contributed by atoms with E-state index in [2.05, 4.69) is 34.6 Å². The van der Waals surface area contributed by atoms with Crippen LogP contribution in [0.25, 0.3) is 0 Å². The van der Waals surface area contributed by atoms with Crippen LogP contribution in [0.4, 0.5) is 0 Å². The van der Waals surface area contributed by atoms with Gasteiger partial charge in [0.05, 0.1) is 6.10 Å². The average molecular weight is 304 g/mol. The van der Waals surface area contributed by atoms with Crippen LogP contribution in [0.5, 0.6) is 0 Å². The number of carbonyl (C=O) groups is 1. The molecule has 2 rings (SSSR count). The molecule has 3 unspecified atom stereocenters. The molecule has 124 valence electrons. The quantitative estimate of drug-likeness (QED) is 0.459. The van der Waals surface area contributed by atoms with Gasteiger partial charge in [0.2, 0.25) is 0 Å². The molecule has 0 saturated carbocycles. The smallest absolute Gasteiger partial charge is 0.142 e. The second-order valence-corrected chi connectivity index (χ2v) is 8.24. The van der Waals surface area contributed by atoms with Gasteiger partial charge in [-0.3, -0.25) is 4.79 Å². The molecule has 2 heteroatoms. The first-order valence-corrected chi connectivity index (χ1v) is 8.75. The lowest BCUT2D eigenvalue weighted by atomic mass is 9.55. The van der Waals surface area contributed by atoms with Crippen molar-refractivity contribution < 1.29 is 9.90 Å². The Bertz CT molecular complexity index is 498. The number of aliphatic hydroxyl groups excluding tert-OH is 1. The largest absolute Gasteiger partial charge is 0.392 e. The van der Waals surface area contributed by atoms with Crippen molar-refractivity contribution in [1.82, 2.24) is 0 Å². The third kappa shape index (κ3) is 2.95. The fraction of sp³-hybridized carbons (Fsp3) is 0.750. The van der Waals surface area contributed by atoms with Gasteiger partial charge in [-0.25, -0.2) is 0 Å². The number of hydrogen-bond donors (Lipinski definition) is 1. The molecule has 0 aromatic heterocycles. The number of allylic oxidation sites excluding steroid dienone is 3. The average Bonchev–Trinajstić information content (AvgIpc) is 2.45. The van der Waals surface area contributed by atoms with E-state index in [9.17, 15) is 9.90 Å². The Balaban J connectivity index is 2.34. The van der Waals surface area contributed by atoms with Gasteiger partial charge >= 0.3 is 0 Å². The Labute approximate surface area is 135 Å². The Morgan fingerprint density at radius 3 is 2.50 bits per heavy atom.